The predicted molar refractivity (Wildman–Crippen MR) is 102 cm³/mol. The Morgan fingerprint density at radius 3 is 2.71 bits per heavy atom. The molecule has 2 heterocycles. The highest BCUT2D eigenvalue weighted by Gasteiger charge is 2.22. The minimum atomic E-state index is -0.331. The standard InChI is InChI=1S/C21H21N3O4/c1-14(25)16-4-6-18(7-5-16)27-13-19-8-9-20(28-19)21(26)23-17-10-22-24(12-17)11-15-2-3-15/h4-10,12,15H,2-3,11,13H2,1H3,(H,23,26). The normalized spacial score (nSPS) is 13.3. The van der Waals surface area contributed by atoms with E-state index in [9.17, 15) is 9.59 Å². The summed E-state index contributed by atoms with van der Waals surface area (Å²) in [5.41, 5.74) is 1.27. The summed E-state index contributed by atoms with van der Waals surface area (Å²) < 4.78 is 13.1. The lowest BCUT2D eigenvalue weighted by Gasteiger charge is -2.04. The zero-order valence-electron chi connectivity index (χ0n) is 15.6. The van der Waals surface area contributed by atoms with Gasteiger partial charge in [0.15, 0.2) is 11.5 Å². The van der Waals surface area contributed by atoms with Gasteiger partial charge < -0.3 is 14.5 Å². The van der Waals surface area contributed by atoms with E-state index in [1.54, 1.807) is 42.6 Å². The first-order chi connectivity index (χ1) is 13.6. The minimum Gasteiger partial charge on any atom is -0.486 e. The monoisotopic (exact) mass is 379 g/mol. The molecule has 0 aliphatic heterocycles. The number of carbonyl (C=O) groups is 2. The van der Waals surface area contributed by atoms with Crippen LogP contribution in [0.1, 0.15) is 46.4 Å². The Bertz CT molecular complexity index is 983. The summed E-state index contributed by atoms with van der Waals surface area (Å²) in [7, 11) is 0. The Balaban J connectivity index is 1.31. The first-order valence-electron chi connectivity index (χ1n) is 9.23. The number of rotatable bonds is 8. The quantitative estimate of drug-likeness (QED) is 0.600. The summed E-state index contributed by atoms with van der Waals surface area (Å²) in [5.74, 6) is 1.75. The highest BCUT2D eigenvalue weighted by Crippen LogP contribution is 2.30. The van der Waals surface area contributed by atoms with Crippen molar-refractivity contribution in [2.24, 2.45) is 5.92 Å². The lowest BCUT2D eigenvalue weighted by atomic mass is 10.1. The van der Waals surface area contributed by atoms with Gasteiger partial charge in [0.25, 0.3) is 5.91 Å². The van der Waals surface area contributed by atoms with Gasteiger partial charge in [-0.1, -0.05) is 0 Å². The average molecular weight is 379 g/mol. The number of amides is 1. The molecule has 4 rings (SSSR count). The fourth-order valence-electron chi connectivity index (χ4n) is 2.80. The van der Waals surface area contributed by atoms with Gasteiger partial charge in [0.2, 0.25) is 0 Å². The molecule has 0 bridgehead atoms. The number of furan rings is 1. The fraction of sp³-hybridized carbons (Fsp3) is 0.286. The number of hydrogen-bond acceptors (Lipinski definition) is 5. The molecule has 2 aromatic heterocycles. The number of hydrogen-bond donors (Lipinski definition) is 1. The van der Waals surface area contributed by atoms with Gasteiger partial charge in [-0.15, -0.1) is 0 Å². The molecule has 1 aromatic carbocycles. The number of benzene rings is 1. The van der Waals surface area contributed by atoms with Gasteiger partial charge in [-0.25, -0.2) is 0 Å². The van der Waals surface area contributed by atoms with E-state index in [0.717, 1.165) is 12.5 Å². The molecule has 1 fully saturated rings. The van der Waals surface area contributed by atoms with E-state index in [1.807, 2.05) is 10.9 Å². The van der Waals surface area contributed by atoms with E-state index in [2.05, 4.69) is 10.4 Å². The molecule has 0 saturated heterocycles. The molecule has 0 unspecified atom stereocenters. The number of carbonyl (C=O) groups excluding carboxylic acids is 2. The van der Waals surface area contributed by atoms with Gasteiger partial charge in [-0.05, 0) is 62.1 Å². The van der Waals surface area contributed by atoms with Crippen molar-refractivity contribution < 1.29 is 18.7 Å². The number of Topliss-reactive ketones (excluding diaryl/α,β-unsaturated/α-hetero) is 1. The van der Waals surface area contributed by atoms with Crippen LogP contribution in [0.4, 0.5) is 5.69 Å². The highest BCUT2D eigenvalue weighted by atomic mass is 16.5. The molecular weight excluding hydrogens is 358 g/mol. The van der Waals surface area contributed by atoms with Crippen LogP contribution in [0.3, 0.4) is 0 Å². The van der Waals surface area contributed by atoms with Crippen molar-refractivity contribution in [2.75, 3.05) is 5.32 Å². The average Bonchev–Trinajstić information content (AvgIpc) is 3.18. The molecule has 1 saturated carbocycles. The van der Waals surface area contributed by atoms with Gasteiger partial charge in [0.05, 0.1) is 11.9 Å². The molecule has 3 aromatic rings. The Morgan fingerprint density at radius 1 is 1.21 bits per heavy atom. The minimum absolute atomic E-state index is 0.00585. The molecule has 0 spiro atoms. The van der Waals surface area contributed by atoms with E-state index >= 15 is 0 Å². The van der Waals surface area contributed by atoms with E-state index in [0.29, 0.717) is 22.8 Å². The number of ether oxygens (including phenoxy) is 1. The Hall–Kier alpha value is -3.35. The number of ketones is 1. The van der Waals surface area contributed by atoms with Crippen molar-refractivity contribution in [1.29, 1.82) is 0 Å². The van der Waals surface area contributed by atoms with E-state index in [4.69, 9.17) is 9.15 Å². The van der Waals surface area contributed by atoms with Crippen LogP contribution < -0.4 is 10.1 Å². The Kier molecular flexibility index (Phi) is 4.97. The molecule has 28 heavy (non-hydrogen) atoms. The second-order valence-corrected chi connectivity index (χ2v) is 6.98. The molecule has 1 amide bonds. The van der Waals surface area contributed by atoms with Gasteiger partial charge in [-0.2, -0.15) is 5.10 Å². The van der Waals surface area contributed by atoms with Crippen molar-refractivity contribution in [2.45, 2.75) is 32.9 Å². The fourth-order valence-corrected chi connectivity index (χ4v) is 2.80. The summed E-state index contributed by atoms with van der Waals surface area (Å²) in [6.45, 7) is 2.60. The van der Waals surface area contributed by atoms with Crippen molar-refractivity contribution >= 4 is 17.4 Å². The molecule has 1 aliphatic carbocycles. The third-order valence-electron chi connectivity index (χ3n) is 4.56. The van der Waals surface area contributed by atoms with Crippen LogP contribution in [-0.4, -0.2) is 21.5 Å². The van der Waals surface area contributed by atoms with E-state index < -0.39 is 0 Å². The van der Waals surface area contributed by atoms with Crippen molar-refractivity contribution in [1.82, 2.24) is 9.78 Å². The SMILES string of the molecule is CC(=O)c1ccc(OCc2ccc(C(=O)Nc3cnn(CC4CC4)c3)o2)cc1. The smallest absolute Gasteiger partial charge is 0.291 e. The topological polar surface area (TPSA) is 86.4 Å². The summed E-state index contributed by atoms with van der Waals surface area (Å²) in [4.78, 5) is 23.6. The van der Waals surface area contributed by atoms with Crippen LogP contribution in [0.2, 0.25) is 0 Å². The summed E-state index contributed by atoms with van der Waals surface area (Å²) in [6.07, 6.45) is 5.96. The Morgan fingerprint density at radius 2 is 2.00 bits per heavy atom. The number of aromatic nitrogens is 2. The predicted octanol–water partition coefficient (Wildman–Crippen LogP) is 3.92. The maximum atomic E-state index is 12.3. The first-order valence-corrected chi connectivity index (χ1v) is 9.23. The third-order valence-corrected chi connectivity index (χ3v) is 4.56. The first kappa shape index (κ1) is 18.0. The number of nitrogens with one attached hydrogen (secondary N) is 1. The third kappa shape index (κ3) is 4.49. The molecule has 1 N–H and O–H groups in total. The largest absolute Gasteiger partial charge is 0.486 e. The zero-order valence-corrected chi connectivity index (χ0v) is 15.6. The van der Waals surface area contributed by atoms with Crippen LogP contribution in [0.5, 0.6) is 5.75 Å². The van der Waals surface area contributed by atoms with Crippen molar-refractivity contribution in [3.05, 3.63) is 65.9 Å². The van der Waals surface area contributed by atoms with Crippen LogP contribution in [0.25, 0.3) is 0 Å². The molecular formula is C21H21N3O4. The van der Waals surface area contributed by atoms with Gasteiger partial charge in [-0.3, -0.25) is 14.3 Å². The van der Waals surface area contributed by atoms with Crippen LogP contribution in [0.15, 0.2) is 53.2 Å². The van der Waals surface area contributed by atoms with Crippen LogP contribution in [-0.2, 0) is 13.2 Å². The molecule has 0 radical (unpaired) electrons. The maximum Gasteiger partial charge on any atom is 0.291 e. The second kappa shape index (κ2) is 7.72. The van der Waals surface area contributed by atoms with Crippen LogP contribution in [0, 0.1) is 5.92 Å². The summed E-state index contributed by atoms with van der Waals surface area (Å²) in [5, 5.41) is 7.05. The lowest BCUT2D eigenvalue weighted by Crippen LogP contribution is -2.10. The molecule has 1 aliphatic rings. The number of anilines is 1. The Labute approximate surface area is 162 Å². The molecule has 0 atom stereocenters. The van der Waals surface area contributed by atoms with Gasteiger partial charge in [0, 0.05) is 18.3 Å². The van der Waals surface area contributed by atoms with Crippen molar-refractivity contribution in [3.8, 4) is 5.75 Å². The van der Waals surface area contributed by atoms with Crippen molar-refractivity contribution in [3.63, 3.8) is 0 Å². The van der Waals surface area contributed by atoms with Gasteiger partial charge in [0.1, 0.15) is 18.1 Å². The highest BCUT2D eigenvalue weighted by molar-refractivity contribution is 6.02. The second-order valence-electron chi connectivity index (χ2n) is 6.98. The van der Waals surface area contributed by atoms with E-state index in [1.165, 1.54) is 19.8 Å². The molecule has 144 valence electrons. The number of nitrogens with zero attached hydrogens (tertiary/aromatic N) is 2. The lowest BCUT2D eigenvalue weighted by molar-refractivity contribution is 0.0990. The molecule has 7 nitrogen and oxygen atoms in total. The van der Waals surface area contributed by atoms with E-state index in [-0.39, 0.29) is 24.1 Å². The van der Waals surface area contributed by atoms with Gasteiger partial charge >= 0.3 is 0 Å². The summed E-state index contributed by atoms with van der Waals surface area (Å²) >= 11 is 0. The molecule has 7 heteroatoms. The van der Waals surface area contributed by atoms with Crippen LogP contribution >= 0.6 is 0 Å². The zero-order chi connectivity index (χ0) is 19.5. The summed E-state index contributed by atoms with van der Waals surface area (Å²) in [6, 6.07) is 10.2. The maximum absolute atomic E-state index is 12.3.